The molecule has 0 bridgehead atoms. The average molecular weight is 895 g/mol. The van der Waals surface area contributed by atoms with Crippen molar-refractivity contribution < 1.29 is 0 Å². The van der Waals surface area contributed by atoms with Crippen LogP contribution in [0.25, 0.3) is 71.6 Å². The smallest absolute Gasteiger partial charge is 0.0468 e. The van der Waals surface area contributed by atoms with Crippen LogP contribution in [0.4, 0.5) is 34.1 Å². The Morgan fingerprint density at radius 2 is 0.686 bits per heavy atom. The van der Waals surface area contributed by atoms with Gasteiger partial charge in [-0.05, 0) is 169 Å². The molecule has 0 saturated heterocycles. The van der Waals surface area contributed by atoms with Crippen LogP contribution in [0.2, 0.25) is 0 Å². The fourth-order valence-electron chi connectivity index (χ4n) is 10.1. The Balaban J connectivity index is 0.915. The first kappa shape index (κ1) is 42.4. The molecule has 0 unspecified atom stereocenters. The van der Waals surface area contributed by atoms with Crippen molar-refractivity contribution in [2.24, 2.45) is 0 Å². The van der Waals surface area contributed by atoms with Crippen molar-refractivity contribution >= 4 is 61.2 Å². The largest absolute Gasteiger partial charge is 0.310 e. The Labute approximate surface area is 411 Å². The van der Waals surface area contributed by atoms with Crippen LogP contribution in [0.1, 0.15) is 18.4 Å². The highest BCUT2D eigenvalue weighted by Gasteiger charge is 2.19. The monoisotopic (exact) mass is 894 g/mol. The van der Waals surface area contributed by atoms with Gasteiger partial charge in [-0.3, -0.25) is 0 Å². The van der Waals surface area contributed by atoms with Crippen molar-refractivity contribution in [3.8, 4) is 44.5 Å². The zero-order chi connectivity index (χ0) is 46.6. The summed E-state index contributed by atoms with van der Waals surface area (Å²) >= 11 is 0. The van der Waals surface area contributed by atoms with E-state index in [1.807, 2.05) is 0 Å². The normalized spacial score (nSPS) is 12.2. The molecule has 2 nitrogen and oxygen atoms in total. The minimum atomic E-state index is 1.06. The van der Waals surface area contributed by atoms with Crippen LogP contribution < -0.4 is 9.80 Å². The van der Waals surface area contributed by atoms with Crippen molar-refractivity contribution in [2.45, 2.75) is 12.8 Å². The van der Waals surface area contributed by atoms with E-state index in [-0.39, 0.29) is 0 Å². The lowest BCUT2D eigenvalue weighted by Crippen LogP contribution is -2.10. The number of anilines is 6. The van der Waals surface area contributed by atoms with Crippen molar-refractivity contribution in [1.82, 2.24) is 0 Å². The van der Waals surface area contributed by atoms with Crippen LogP contribution in [0.15, 0.2) is 279 Å². The van der Waals surface area contributed by atoms with E-state index in [1.165, 1.54) is 66.1 Å². The molecule has 1 aliphatic carbocycles. The number of allylic oxidation sites excluding steroid dienone is 4. The summed E-state index contributed by atoms with van der Waals surface area (Å²) in [6.07, 6.45) is 8.82. The molecule has 332 valence electrons. The fraction of sp³-hybridized carbons (Fsp3) is 0.0294. The first-order chi connectivity index (χ1) is 34.7. The second-order valence-electron chi connectivity index (χ2n) is 18.1. The molecule has 0 amide bonds. The van der Waals surface area contributed by atoms with Gasteiger partial charge in [0.2, 0.25) is 0 Å². The number of benzene rings is 11. The van der Waals surface area contributed by atoms with Crippen LogP contribution in [0, 0.1) is 0 Å². The summed E-state index contributed by atoms with van der Waals surface area (Å²) in [5.41, 5.74) is 18.7. The number of hydrogen-bond acceptors (Lipinski definition) is 2. The van der Waals surface area contributed by atoms with E-state index >= 15 is 0 Å². The van der Waals surface area contributed by atoms with E-state index in [4.69, 9.17) is 0 Å². The molecule has 70 heavy (non-hydrogen) atoms. The Kier molecular flexibility index (Phi) is 11.5. The molecule has 11 aromatic carbocycles. The number of fused-ring (bicyclic) bond motifs is 2. The highest BCUT2D eigenvalue weighted by molar-refractivity contribution is 5.94. The third-order valence-electron chi connectivity index (χ3n) is 13.7. The maximum atomic E-state index is 2.40. The van der Waals surface area contributed by atoms with Gasteiger partial charge in [0.25, 0.3) is 0 Å². The Morgan fingerprint density at radius 1 is 0.257 bits per heavy atom. The number of nitrogens with zero attached hydrogens (tertiary/aromatic N) is 2. The zero-order valence-corrected chi connectivity index (χ0v) is 38.9. The molecular weight excluding hydrogens is 845 g/mol. The van der Waals surface area contributed by atoms with Crippen LogP contribution in [0.5, 0.6) is 0 Å². The van der Waals surface area contributed by atoms with Gasteiger partial charge >= 0.3 is 0 Å². The third-order valence-corrected chi connectivity index (χ3v) is 13.7. The third kappa shape index (κ3) is 8.60. The van der Waals surface area contributed by atoms with Crippen LogP contribution >= 0.6 is 0 Å². The van der Waals surface area contributed by atoms with E-state index < -0.39 is 0 Å². The summed E-state index contributed by atoms with van der Waals surface area (Å²) in [4.78, 5) is 4.76. The predicted molar refractivity (Wildman–Crippen MR) is 299 cm³/mol. The molecule has 0 heterocycles. The Bertz CT molecular complexity index is 3680. The van der Waals surface area contributed by atoms with E-state index in [1.54, 1.807) is 0 Å². The lowest BCUT2D eigenvalue weighted by Gasteiger charge is -2.27. The molecule has 0 atom stereocenters. The van der Waals surface area contributed by atoms with Gasteiger partial charge in [0, 0.05) is 34.1 Å². The lowest BCUT2D eigenvalue weighted by atomic mass is 9.91. The SMILES string of the molecule is C1=CCCC(c2ccc(N(c3ccc(-c4cccc(-c5ccc(N(c6ccc(-c7ccccc7)cc6)c6ccc7ccccc7c6)cc5)c4)c(-c4ccccc4)c3)c3ccc4ccccc4c3)cc2)=C1. The summed E-state index contributed by atoms with van der Waals surface area (Å²) < 4.78 is 0. The molecule has 0 aromatic heterocycles. The van der Waals surface area contributed by atoms with Gasteiger partial charge in [0.1, 0.15) is 0 Å². The summed E-state index contributed by atoms with van der Waals surface area (Å²) in [6, 6.07) is 95.1. The van der Waals surface area contributed by atoms with Gasteiger partial charge in [-0.1, -0.05) is 200 Å². The van der Waals surface area contributed by atoms with Gasteiger partial charge in [-0.15, -0.1) is 0 Å². The topological polar surface area (TPSA) is 6.48 Å². The maximum absolute atomic E-state index is 2.40. The Morgan fingerprint density at radius 3 is 1.26 bits per heavy atom. The zero-order valence-electron chi connectivity index (χ0n) is 38.9. The van der Waals surface area contributed by atoms with E-state index in [0.29, 0.717) is 0 Å². The van der Waals surface area contributed by atoms with Gasteiger partial charge < -0.3 is 9.80 Å². The summed E-state index contributed by atoms with van der Waals surface area (Å²) in [5.74, 6) is 0. The average Bonchev–Trinajstić information content (AvgIpc) is 3.44. The predicted octanol–water partition coefficient (Wildman–Crippen LogP) is 19.3. The molecular formula is C68H50N2. The minimum Gasteiger partial charge on any atom is -0.310 e. The summed E-state index contributed by atoms with van der Waals surface area (Å²) in [7, 11) is 0. The fourth-order valence-corrected chi connectivity index (χ4v) is 10.1. The molecule has 11 aromatic rings. The first-order valence-corrected chi connectivity index (χ1v) is 24.3. The van der Waals surface area contributed by atoms with Gasteiger partial charge in [0.05, 0.1) is 0 Å². The molecule has 0 radical (unpaired) electrons. The highest BCUT2D eigenvalue weighted by atomic mass is 15.1. The highest BCUT2D eigenvalue weighted by Crippen LogP contribution is 2.43. The first-order valence-electron chi connectivity index (χ1n) is 24.3. The van der Waals surface area contributed by atoms with E-state index in [9.17, 15) is 0 Å². The maximum Gasteiger partial charge on any atom is 0.0468 e. The minimum absolute atomic E-state index is 1.06. The molecule has 0 aliphatic heterocycles. The molecule has 0 spiro atoms. The number of rotatable bonds is 11. The van der Waals surface area contributed by atoms with Crippen LogP contribution in [0.3, 0.4) is 0 Å². The van der Waals surface area contributed by atoms with Crippen molar-refractivity contribution in [3.05, 3.63) is 285 Å². The van der Waals surface area contributed by atoms with Gasteiger partial charge in [-0.25, -0.2) is 0 Å². The van der Waals surface area contributed by atoms with E-state index in [2.05, 4.69) is 289 Å². The van der Waals surface area contributed by atoms with Gasteiger partial charge in [-0.2, -0.15) is 0 Å². The second-order valence-corrected chi connectivity index (χ2v) is 18.1. The second kappa shape index (κ2) is 19.0. The quantitative estimate of drug-likeness (QED) is 0.128. The molecule has 0 fully saturated rings. The van der Waals surface area contributed by atoms with Crippen molar-refractivity contribution in [1.29, 1.82) is 0 Å². The van der Waals surface area contributed by atoms with Crippen molar-refractivity contribution in [3.63, 3.8) is 0 Å². The molecule has 0 N–H and O–H groups in total. The summed E-state index contributed by atoms with van der Waals surface area (Å²) in [5, 5.41) is 4.88. The summed E-state index contributed by atoms with van der Waals surface area (Å²) in [6.45, 7) is 0. The molecule has 0 saturated carbocycles. The molecule has 1 aliphatic rings. The van der Waals surface area contributed by atoms with Crippen LogP contribution in [-0.2, 0) is 0 Å². The van der Waals surface area contributed by atoms with Crippen LogP contribution in [-0.4, -0.2) is 0 Å². The van der Waals surface area contributed by atoms with E-state index in [0.717, 1.165) is 58.1 Å². The Hall–Kier alpha value is -8.98. The number of hydrogen-bond donors (Lipinski definition) is 0. The molecule has 2 heteroatoms. The van der Waals surface area contributed by atoms with Crippen molar-refractivity contribution in [2.75, 3.05) is 9.80 Å². The standard InChI is InChI=1S/C68H50N2/c1-4-15-49(16-5-1)53-27-35-61(36-28-53)69(64-41-33-51-19-10-12-23-58(51)46-64)62-39-31-55(32-40-62)57-25-14-26-60(45-57)67-44-43-66(48-68(67)56-21-8-3-9-22-56)70(65-42-34-52-20-11-13-24-59(52)47-65)63-37-29-54(30-38-63)50-17-6-2-7-18-50/h1-6,8-17,19-48H,7,18H2. The molecule has 12 rings (SSSR count). The van der Waals surface area contributed by atoms with Gasteiger partial charge in [0.15, 0.2) is 0 Å². The lowest BCUT2D eigenvalue weighted by molar-refractivity contribution is 1.05.